The minimum atomic E-state index is -0.730. The summed E-state index contributed by atoms with van der Waals surface area (Å²) in [7, 11) is 0. The molecule has 2 rings (SSSR count). The topological polar surface area (TPSA) is 68.0 Å². The first-order valence-electron chi connectivity index (χ1n) is 5.15. The number of nitrogens with one attached hydrogen (secondary N) is 1. The predicted octanol–water partition coefficient (Wildman–Crippen LogP) is 3.36. The number of benzene rings is 1. The summed E-state index contributed by atoms with van der Waals surface area (Å²) in [5.74, 6) is -1.20. The molecule has 0 bridgehead atoms. The number of hydrogen-bond donors (Lipinski definition) is 2. The Morgan fingerprint density at radius 2 is 1.89 bits per heavy atom. The number of rotatable bonds is 2. The Hall–Kier alpha value is -1.85. The Bertz CT molecular complexity index is 608. The molecule has 0 aliphatic carbocycles. The average molecular weight is 300 g/mol. The zero-order valence-electron chi connectivity index (χ0n) is 9.45. The first-order valence-corrected chi connectivity index (χ1v) is 5.90. The van der Waals surface area contributed by atoms with Gasteiger partial charge in [-0.15, -0.1) is 0 Å². The largest absolute Gasteiger partial charge is 0.397 e. The van der Waals surface area contributed by atoms with Crippen LogP contribution in [0.25, 0.3) is 0 Å². The molecule has 3 N–H and O–H groups in total. The molecule has 98 valence electrons. The third kappa shape index (κ3) is 3.13. The zero-order valence-corrected chi connectivity index (χ0v) is 11.0. The minimum Gasteiger partial charge on any atom is -0.397 e. The molecular weight excluding hydrogens is 292 g/mol. The van der Waals surface area contributed by atoms with Crippen molar-refractivity contribution in [1.29, 1.82) is 0 Å². The van der Waals surface area contributed by atoms with Crippen molar-refractivity contribution in [3.05, 3.63) is 52.0 Å². The number of pyridine rings is 1. The smallest absolute Gasteiger partial charge is 0.274 e. The second kappa shape index (κ2) is 5.42. The minimum absolute atomic E-state index is 0.172. The van der Waals surface area contributed by atoms with E-state index >= 15 is 0 Å². The molecule has 0 saturated carbocycles. The van der Waals surface area contributed by atoms with Gasteiger partial charge in [-0.1, -0.05) is 23.2 Å². The number of nitrogens with two attached hydrogens (primary N) is 1. The van der Waals surface area contributed by atoms with Crippen LogP contribution < -0.4 is 11.1 Å². The fraction of sp³-hybridized carbons (Fsp3) is 0. The van der Waals surface area contributed by atoms with E-state index in [0.29, 0.717) is 5.69 Å². The summed E-state index contributed by atoms with van der Waals surface area (Å²) in [6.07, 6.45) is 1.36. The third-order valence-electron chi connectivity index (χ3n) is 2.26. The number of hydrogen-bond acceptors (Lipinski definition) is 3. The van der Waals surface area contributed by atoms with Gasteiger partial charge in [0.1, 0.15) is 5.69 Å². The second-order valence-electron chi connectivity index (χ2n) is 3.68. The van der Waals surface area contributed by atoms with Crippen LogP contribution >= 0.6 is 23.2 Å². The summed E-state index contributed by atoms with van der Waals surface area (Å²) in [6, 6.07) is 5.54. The highest BCUT2D eigenvalue weighted by atomic mass is 35.5. The molecule has 0 radical (unpaired) electrons. The Balaban J connectivity index is 2.22. The van der Waals surface area contributed by atoms with Crippen molar-refractivity contribution in [3.8, 4) is 0 Å². The third-order valence-corrected chi connectivity index (χ3v) is 2.81. The highest BCUT2D eigenvalue weighted by Gasteiger charge is 2.11. The predicted molar refractivity (Wildman–Crippen MR) is 73.0 cm³/mol. The number of anilines is 2. The van der Waals surface area contributed by atoms with Crippen LogP contribution in [0.2, 0.25) is 10.0 Å². The molecule has 1 aromatic heterocycles. The molecule has 1 amide bonds. The highest BCUT2D eigenvalue weighted by Crippen LogP contribution is 2.27. The number of carbonyl (C=O) groups excluding carboxylic acids is 1. The number of aromatic nitrogens is 1. The van der Waals surface area contributed by atoms with Gasteiger partial charge in [0.2, 0.25) is 0 Å². The van der Waals surface area contributed by atoms with Crippen LogP contribution in [0.15, 0.2) is 30.5 Å². The highest BCUT2D eigenvalue weighted by molar-refractivity contribution is 6.35. The molecule has 19 heavy (non-hydrogen) atoms. The summed E-state index contributed by atoms with van der Waals surface area (Å²) in [5.41, 5.74) is 6.36. The maximum absolute atomic E-state index is 13.2. The lowest BCUT2D eigenvalue weighted by Gasteiger charge is -2.07. The van der Waals surface area contributed by atoms with Gasteiger partial charge in [-0.2, -0.15) is 0 Å². The van der Waals surface area contributed by atoms with E-state index in [4.69, 9.17) is 28.9 Å². The molecule has 7 heteroatoms. The van der Waals surface area contributed by atoms with Crippen molar-refractivity contribution in [3.63, 3.8) is 0 Å². The van der Waals surface area contributed by atoms with Crippen LogP contribution in [-0.2, 0) is 0 Å². The van der Waals surface area contributed by atoms with Crippen LogP contribution in [-0.4, -0.2) is 10.9 Å². The van der Waals surface area contributed by atoms with Crippen LogP contribution in [0.4, 0.5) is 15.8 Å². The van der Waals surface area contributed by atoms with E-state index in [1.807, 2.05) is 0 Å². The van der Waals surface area contributed by atoms with E-state index in [1.165, 1.54) is 24.4 Å². The van der Waals surface area contributed by atoms with Crippen LogP contribution in [0.5, 0.6) is 0 Å². The molecule has 0 unspecified atom stereocenters. The second-order valence-corrected chi connectivity index (χ2v) is 4.50. The molecule has 0 fully saturated rings. The van der Waals surface area contributed by atoms with E-state index in [0.717, 1.165) is 0 Å². The summed E-state index contributed by atoms with van der Waals surface area (Å²) in [5, 5.41) is 2.16. The van der Waals surface area contributed by atoms with Crippen LogP contribution in [0, 0.1) is 5.82 Å². The Labute approximate surface area is 118 Å². The number of amides is 1. The van der Waals surface area contributed by atoms with Crippen molar-refractivity contribution >= 4 is 40.5 Å². The maximum Gasteiger partial charge on any atom is 0.274 e. The van der Waals surface area contributed by atoms with Crippen molar-refractivity contribution in [1.82, 2.24) is 4.98 Å². The summed E-state index contributed by atoms with van der Waals surface area (Å²) in [4.78, 5) is 15.7. The molecule has 0 spiro atoms. The number of nitrogen functional groups attached to an aromatic ring is 1. The molecule has 4 nitrogen and oxygen atoms in total. The van der Waals surface area contributed by atoms with Gasteiger partial charge in [0.05, 0.1) is 21.9 Å². The molecular formula is C12H8Cl2FN3O. The molecule has 0 saturated heterocycles. The molecule has 0 aliphatic heterocycles. The van der Waals surface area contributed by atoms with Gasteiger partial charge >= 0.3 is 0 Å². The van der Waals surface area contributed by atoms with E-state index in [-0.39, 0.29) is 21.4 Å². The van der Waals surface area contributed by atoms with Crippen molar-refractivity contribution in [2.75, 3.05) is 11.1 Å². The lowest BCUT2D eigenvalue weighted by molar-refractivity contribution is 0.102. The lowest BCUT2D eigenvalue weighted by atomic mass is 10.2. The summed E-state index contributed by atoms with van der Waals surface area (Å²) in [6.45, 7) is 0. The number of carbonyl (C=O) groups is 1. The van der Waals surface area contributed by atoms with E-state index in [9.17, 15) is 9.18 Å². The van der Waals surface area contributed by atoms with E-state index in [2.05, 4.69) is 10.3 Å². The number of halogens is 3. The zero-order chi connectivity index (χ0) is 14.0. The Morgan fingerprint density at radius 1 is 1.26 bits per heavy atom. The molecule has 2 aromatic rings. The lowest BCUT2D eigenvalue weighted by Crippen LogP contribution is -2.13. The average Bonchev–Trinajstić information content (AvgIpc) is 2.36. The van der Waals surface area contributed by atoms with Crippen LogP contribution in [0.3, 0.4) is 0 Å². The molecule has 0 atom stereocenters. The number of nitrogens with zero attached hydrogens (tertiary/aromatic N) is 1. The first-order chi connectivity index (χ1) is 8.97. The van der Waals surface area contributed by atoms with Gasteiger partial charge in [0.15, 0.2) is 5.82 Å². The SMILES string of the molecule is Nc1ccc(C(=O)Nc2cc(Cl)c(F)c(Cl)c2)nc1. The van der Waals surface area contributed by atoms with Gasteiger partial charge in [0, 0.05) is 5.69 Å². The fourth-order valence-electron chi connectivity index (χ4n) is 1.36. The molecule has 1 aromatic carbocycles. The maximum atomic E-state index is 13.2. The van der Waals surface area contributed by atoms with Gasteiger partial charge in [-0.05, 0) is 24.3 Å². The molecule has 0 aliphatic rings. The molecule has 1 heterocycles. The quantitative estimate of drug-likeness (QED) is 0.836. The van der Waals surface area contributed by atoms with Gasteiger partial charge in [0.25, 0.3) is 5.91 Å². The van der Waals surface area contributed by atoms with Gasteiger partial charge < -0.3 is 11.1 Å². The normalized spacial score (nSPS) is 10.3. The summed E-state index contributed by atoms with van der Waals surface area (Å²) >= 11 is 11.3. The Kier molecular flexibility index (Phi) is 3.87. The standard InChI is InChI=1S/C12H8Cl2FN3O/c13-8-3-7(4-9(14)11(8)15)18-12(19)10-2-1-6(16)5-17-10/h1-5H,16H2,(H,18,19). The van der Waals surface area contributed by atoms with Crippen molar-refractivity contribution in [2.24, 2.45) is 0 Å². The van der Waals surface area contributed by atoms with E-state index < -0.39 is 11.7 Å². The van der Waals surface area contributed by atoms with Crippen molar-refractivity contribution < 1.29 is 9.18 Å². The van der Waals surface area contributed by atoms with Crippen molar-refractivity contribution in [2.45, 2.75) is 0 Å². The fourth-order valence-corrected chi connectivity index (χ4v) is 1.85. The monoisotopic (exact) mass is 299 g/mol. The van der Waals surface area contributed by atoms with Gasteiger partial charge in [-0.25, -0.2) is 9.37 Å². The van der Waals surface area contributed by atoms with Gasteiger partial charge in [-0.3, -0.25) is 4.79 Å². The first kappa shape index (κ1) is 13.6. The van der Waals surface area contributed by atoms with E-state index in [1.54, 1.807) is 6.07 Å². The Morgan fingerprint density at radius 3 is 2.42 bits per heavy atom. The summed E-state index contributed by atoms with van der Waals surface area (Å²) < 4.78 is 13.2. The van der Waals surface area contributed by atoms with Crippen LogP contribution in [0.1, 0.15) is 10.5 Å².